The van der Waals surface area contributed by atoms with Gasteiger partial charge in [-0.3, -0.25) is 4.79 Å². The molecule has 1 aliphatic carbocycles. The normalized spacial score (nSPS) is 14.0. The summed E-state index contributed by atoms with van der Waals surface area (Å²) < 4.78 is 6.30. The summed E-state index contributed by atoms with van der Waals surface area (Å²) in [7, 11) is 3.44. The summed E-state index contributed by atoms with van der Waals surface area (Å²) in [6, 6.07) is 2.05. The standard InChI is InChI=1S/C14H17N5O.C3H8O2/c1-19-9-15-8-12(19)11-6-7-16-13(18-11)14(20)17-10-4-2-3-5-10;1-5-3-2-4/h6-10H,2-5H2,1H3,(H,17,20);4H,2-3H2,1H3. The number of ether oxygens (including phenoxy) is 1. The Bertz CT molecular complexity index is 666. The van der Waals surface area contributed by atoms with E-state index >= 15 is 0 Å². The Hall–Kier alpha value is -2.32. The van der Waals surface area contributed by atoms with Crippen molar-refractivity contribution < 1.29 is 14.6 Å². The molecule has 2 N–H and O–H groups in total. The predicted molar refractivity (Wildman–Crippen MR) is 92.9 cm³/mol. The van der Waals surface area contributed by atoms with E-state index in [0.29, 0.717) is 12.3 Å². The number of rotatable bonds is 5. The molecule has 3 rings (SSSR count). The van der Waals surface area contributed by atoms with Crippen molar-refractivity contribution in [3.05, 3.63) is 30.6 Å². The second-order valence-corrected chi connectivity index (χ2v) is 5.83. The summed E-state index contributed by atoms with van der Waals surface area (Å²) in [6.45, 7) is 0.566. The largest absolute Gasteiger partial charge is 0.394 e. The van der Waals surface area contributed by atoms with Crippen molar-refractivity contribution >= 4 is 5.91 Å². The highest BCUT2D eigenvalue weighted by Crippen LogP contribution is 2.18. The van der Waals surface area contributed by atoms with Crippen LogP contribution in [0.25, 0.3) is 11.4 Å². The molecule has 2 aromatic heterocycles. The van der Waals surface area contributed by atoms with Crippen LogP contribution in [0.5, 0.6) is 0 Å². The highest BCUT2D eigenvalue weighted by Gasteiger charge is 2.19. The number of imidazole rings is 1. The number of hydrogen-bond acceptors (Lipinski definition) is 6. The first-order valence-corrected chi connectivity index (χ1v) is 8.36. The zero-order valence-electron chi connectivity index (χ0n) is 14.7. The molecule has 0 aliphatic heterocycles. The maximum Gasteiger partial charge on any atom is 0.289 e. The first-order chi connectivity index (χ1) is 12.2. The van der Waals surface area contributed by atoms with Crippen LogP contribution in [-0.2, 0) is 11.8 Å². The van der Waals surface area contributed by atoms with Crippen molar-refractivity contribution in [2.24, 2.45) is 7.05 Å². The fourth-order valence-corrected chi connectivity index (χ4v) is 2.63. The van der Waals surface area contributed by atoms with Crippen LogP contribution in [0.2, 0.25) is 0 Å². The molecule has 0 atom stereocenters. The van der Waals surface area contributed by atoms with E-state index in [9.17, 15) is 4.79 Å². The molecule has 0 bridgehead atoms. The zero-order chi connectivity index (χ0) is 18.1. The average Bonchev–Trinajstić information content (AvgIpc) is 3.28. The van der Waals surface area contributed by atoms with Crippen LogP contribution in [0.1, 0.15) is 36.3 Å². The lowest BCUT2D eigenvalue weighted by atomic mass is 10.2. The Labute approximate surface area is 147 Å². The van der Waals surface area contributed by atoms with Gasteiger partial charge in [-0.15, -0.1) is 0 Å². The molecule has 0 saturated heterocycles. The van der Waals surface area contributed by atoms with Crippen molar-refractivity contribution in [3.63, 3.8) is 0 Å². The molecule has 0 unspecified atom stereocenters. The molecule has 1 aliphatic rings. The number of aliphatic hydroxyl groups excluding tert-OH is 1. The van der Waals surface area contributed by atoms with Gasteiger partial charge in [-0.05, 0) is 18.9 Å². The first-order valence-electron chi connectivity index (χ1n) is 8.36. The molecule has 2 heterocycles. The van der Waals surface area contributed by atoms with E-state index < -0.39 is 0 Å². The smallest absolute Gasteiger partial charge is 0.289 e. The van der Waals surface area contributed by atoms with Crippen LogP contribution in [0, 0.1) is 0 Å². The molecule has 1 amide bonds. The monoisotopic (exact) mass is 347 g/mol. The fourth-order valence-electron chi connectivity index (χ4n) is 2.63. The fraction of sp³-hybridized carbons (Fsp3) is 0.529. The summed E-state index contributed by atoms with van der Waals surface area (Å²) in [5.74, 6) is 0.0246. The van der Waals surface area contributed by atoms with E-state index in [0.717, 1.165) is 18.5 Å². The van der Waals surface area contributed by atoms with E-state index in [1.54, 1.807) is 31.9 Å². The number of amides is 1. The maximum atomic E-state index is 12.1. The number of nitrogens with one attached hydrogen (secondary N) is 1. The van der Waals surface area contributed by atoms with Gasteiger partial charge in [0.15, 0.2) is 0 Å². The number of carbonyl (C=O) groups excluding carboxylic acids is 1. The number of carbonyl (C=O) groups is 1. The molecular weight excluding hydrogens is 322 g/mol. The minimum absolute atomic E-state index is 0.122. The number of methoxy groups -OCH3 is 1. The molecular formula is C17H25N5O3. The van der Waals surface area contributed by atoms with Gasteiger partial charge in [0, 0.05) is 26.4 Å². The molecule has 8 nitrogen and oxygen atoms in total. The van der Waals surface area contributed by atoms with E-state index in [-0.39, 0.29) is 24.4 Å². The third-order valence-corrected chi connectivity index (χ3v) is 3.92. The van der Waals surface area contributed by atoms with Gasteiger partial charge in [-0.2, -0.15) is 0 Å². The van der Waals surface area contributed by atoms with Crippen molar-refractivity contribution in [1.82, 2.24) is 24.8 Å². The van der Waals surface area contributed by atoms with Gasteiger partial charge in [0.25, 0.3) is 5.91 Å². The number of aryl methyl sites for hydroxylation is 1. The second kappa shape index (κ2) is 9.85. The van der Waals surface area contributed by atoms with E-state index in [2.05, 4.69) is 25.0 Å². The Balaban J connectivity index is 0.000000399. The van der Waals surface area contributed by atoms with Crippen LogP contribution < -0.4 is 5.32 Å². The van der Waals surface area contributed by atoms with Crippen molar-refractivity contribution in [3.8, 4) is 11.4 Å². The van der Waals surface area contributed by atoms with Crippen LogP contribution in [0.3, 0.4) is 0 Å². The highest BCUT2D eigenvalue weighted by molar-refractivity contribution is 5.91. The minimum Gasteiger partial charge on any atom is -0.394 e. The van der Waals surface area contributed by atoms with Gasteiger partial charge in [0.1, 0.15) is 0 Å². The number of aliphatic hydroxyl groups is 1. The van der Waals surface area contributed by atoms with E-state index in [1.807, 2.05) is 11.6 Å². The summed E-state index contributed by atoms with van der Waals surface area (Å²) >= 11 is 0. The lowest BCUT2D eigenvalue weighted by molar-refractivity contribution is 0.0927. The lowest BCUT2D eigenvalue weighted by Gasteiger charge is -2.11. The molecule has 0 spiro atoms. The third-order valence-electron chi connectivity index (χ3n) is 3.92. The Kier molecular flexibility index (Phi) is 7.49. The lowest BCUT2D eigenvalue weighted by Crippen LogP contribution is -2.33. The van der Waals surface area contributed by atoms with Crippen LogP contribution in [0.4, 0.5) is 0 Å². The van der Waals surface area contributed by atoms with Crippen LogP contribution >= 0.6 is 0 Å². The third kappa shape index (κ3) is 5.61. The van der Waals surface area contributed by atoms with Gasteiger partial charge < -0.3 is 19.7 Å². The van der Waals surface area contributed by atoms with Crippen molar-refractivity contribution in [2.45, 2.75) is 31.7 Å². The number of aromatic nitrogens is 4. The Morgan fingerprint density at radius 1 is 1.44 bits per heavy atom. The predicted octanol–water partition coefficient (Wildman–Crippen LogP) is 1.17. The SMILES string of the molecule is COCCO.Cn1cncc1-c1ccnc(C(=O)NC2CCCC2)n1. The molecule has 8 heteroatoms. The summed E-state index contributed by atoms with van der Waals surface area (Å²) in [5.41, 5.74) is 1.57. The second-order valence-electron chi connectivity index (χ2n) is 5.83. The quantitative estimate of drug-likeness (QED) is 0.842. The first kappa shape index (κ1) is 19.0. The minimum atomic E-state index is -0.194. The molecule has 1 saturated carbocycles. The molecule has 1 fully saturated rings. The maximum absolute atomic E-state index is 12.1. The van der Waals surface area contributed by atoms with Gasteiger partial charge in [-0.25, -0.2) is 15.0 Å². The van der Waals surface area contributed by atoms with Crippen molar-refractivity contribution in [1.29, 1.82) is 0 Å². The highest BCUT2D eigenvalue weighted by atomic mass is 16.5. The Morgan fingerprint density at radius 2 is 2.20 bits per heavy atom. The number of hydrogen-bond donors (Lipinski definition) is 2. The number of nitrogens with zero attached hydrogens (tertiary/aromatic N) is 4. The summed E-state index contributed by atoms with van der Waals surface area (Å²) in [4.78, 5) is 24.6. The molecule has 0 aromatic carbocycles. The van der Waals surface area contributed by atoms with Gasteiger partial charge in [0.2, 0.25) is 5.82 Å². The summed E-state index contributed by atoms with van der Waals surface area (Å²) in [5, 5.41) is 10.9. The zero-order valence-corrected chi connectivity index (χ0v) is 14.7. The molecule has 25 heavy (non-hydrogen) atoms. The molecule has 136 valence electrons. The van der Waals surface area contributed by atoms with E-state index in [4.69, 9.17) is 5.11 Å². The molecule has 0 radical (unpaired) electrons. The average molecular weight is 347 g/mol. The van der Waals surface area contributed by atoms with Crippen molar-refractivity contribution in [2.75, 3.05) is 20.3 Å². The van der Waals surface area contributed by atoms with E-state index in [1.165, 1.54) is 12.8 Å². The van der Waals surface area contributed by atoms with Gasteiger partial charge in [0.05, 0.1) is 37.1 Å². The van der Waals surface area contributed by atoms with Gasteiger partial charge in [-0.1, -0.05) is 12.8 Å². The topological polar surface area (TPSA) is 102 Å². The Morgan fingerprint density at radius 3 is 2.76 bits per heavy atom. The molecule has 2 aromatic rings. The van der Waals surface area contributed by atoms with Crippen LogP contribution in [-0.4, -0.2) is 56.9 Å². The summed E-state index contributed by atoms with van der Waals surface area (Å²) in [6.07, 6.45) is 9.50. The van der Waals surface area contributed by atoms with Gasteiger partial charge >= 0.3 is 0 Å². The van der Waals surface area contributed by atoms with Crippen LogP contribution in [0.15, 0.2) is 24.8 Å².